The van der Waals surface area contributed by atoms with Gasteiger partial charge in [-0.3, -0.25) is 4.79 Å². The predicted molar refractivity (Wildman–Crippen MR) is 105 cm³/mol. The summed E-state index contributed by atoms with van der Waals surface area (Å²) in [6.45, 7) is 1.82. The fourth-order valence-electron chi connectivity index (χ4n) is 3.32. The summed E-state index contributed by atoms with van der Waals surface area (Å²) in [5.41, 5.74) is 3.59. The van der Waals surface area contributed by atoms with Crippen molar-refractivity contribution in [3.8, 4) is 0 Å². The van der Waals surface area contributed by atoms with Gasteiger partial charge in [-0.25, -0.2) is 0 Å². The van der Waals surface area contributed by atoms with Crippen LogP contribution in [0.3, 0.4) is 0 Å². The molecular formula is C22H25N3O. The number of aromatic nitrogens is 1. The van der Waals surface area contributed by atoms with Crippen molar-refractivity contribution in [1.29, 1.82) is 0 Å². The zero-order chi connectivity index (χ0) is 17.8. The second kappa shape index (κ2) is 7.75. The van der Waals surface area contributed by atoms with Crippen LogP contribution < -0.4 is 5.32 Å². The van der Waals surface area contributed by atoms with E-state index in [9.17, 15) is 4.79 Å². The molecule has 26 heavy (non-hydrogen) atoms. The maximum absolute atomic E-state index is 12.8. The quantitative estimate of drug-likeness (QED) is 0.655. The molecule has 1 aromatic heterocycles. The smallest absolute Gasteiger partial charge is 0.236 e. The molecule has 0 radical (unpaired) electrons. The minimum absolute atomic E-state index is 0.181. The first-order valence-electron chi connectivity index (χ1n) is 9.39. The van der Waals surface area contributed by atoms with Crippen molar-refractivity contribution in [3.05, 3.63) is 71.9 Å². The number of H-pyrrole nitrogens is 1. The van der Waals surface area contributed by atoms with Crippen molar-refractivity contribution < 1.29 is 4.79 Å². The highest BCUT2D eigenvalue weighted by Crippen LogP contribution is 2.20. The Labute approximate surface area is 154 Å². The average molecular weight is 347 g/mol. The molecule has 0 saturated heterocycles. The maximum atomic E-state index is 12.8. The molecule has 1 aliphatic carbocycles. The van der Waals surface area contributed by atoms with E-state index in [1.165, 1.54) is 29.4 Å². The fourth-order valence-corrected chi connectivity index (χ4v) is 3.32. The van der Waals surface area contributed by atoms with E-state index in [0.29, 0.717) is 19.1 Å². The molecule has 4 rings (SSSR count). The Hall–Kier alpha value is -2.59. The summed E-state index contributed by atoms with van der Waals surface area (Å²) in [5.74, 6) is 0.181. The number of amides is 1. The Morgan fingerprint density at radius 3 is 2.65 bits per heavy atom. The van der Waals surface area contributed by atoms with Crippen LogP contribution in [0.5, 0.6) is 0 Å². The molecule has 0 spiro atoms. The second-order valence-corrected chi connectivity index (χ2v) is 7.07. The summed E-state index contributed by atoms with van der Waals surface area (Å²) in [6, 6.07) is 19.1. The van der Waals surface area contributed by atoms with E-state index in [2.05, 4.69) is 46.8 Å². The van der Waals surface area contributed by atoms with Crippen LogP contribution >= 0.6 is 0 Å². The van der Waals surface area contributed by atoms with Crippen LogP contribution in [0.25, 0.3) is 10.9 Å². The summed E-state index contributed by atoms with van der Waals surface area (Å²) in [5, 5.41) is 4.59. The number of hydrogen-bond acceptors (Lipinski definition) is 2. The molecule has 0 atom stereocenters. The molecule has 0 aliphatic heterocycles. The van der Waals surface area contributed by atoms with Gasteiger partial charge >= 0.3 is 0 Å². The van der Waals surface area contributed by atoms with Gasteiger partial charge in [0, 0.05) is 36.2 Å². The Bertz CT molecular complexity index is 867. The van der Waals surface area contributed by atoms with E-state index in [0.717, 1.165) is 18.5 Å². The van der Waals surface area contributed by atoms with E-state index in [4.69, 9.17) is 0 Å². The van der Waals surface area contributed by atoms with Crippen LogP contribution in [0.4, 0.5) is 0 Å². The Balaban J connectivity index is 1.45. The Morgan fingerprint density at radius 1 is 1.08 bits per heavy atom. The van der Waals surface area contributed by atoms with E-state index in [1.54, 1.807) is 0 Å². The third kappa shape index (κ3) is 4.14. The fraction of sp³-hybridized carbons (Fsp3) is 0.318. The first kappa shape index (κ1) is 16.9. The number of nitrogens with one attached hydrogen (secondary N) is 2. The summed E-state index contributed by atoms with van der Waals surface area (Å²) in [7, 11) is 0. The zero-order valence-electron chi connectivity index (χ0n) is 14.9. The molecule has 3 aromatic rings. The number of carbonyl (C=O) groups is 1. The van der Waals surface area contributed by atoms with Gasteiger partial charge in [0.15, 0.2) is 0 Å². The lowest BCUT2D eigenvalue weighted by molar-refractivity contribution is -0.130. The molecule has 2 aromatic carbocycles. The molecule has 1 fully saturated rings. The predicted octanol–water partition coefficient (Wildman–Crippen LogP) is 3.49. The van der Waals surface area contributed by atoms with Crippen molar-refractivity contribution in [2.45, 2.75) is 31.8 Å². The summed E-state index contributed by atoms with van der Waals surface area (Å²) in [6.07, 6.45) is 5.31. The minimum atomic E-state index is 0.181. The molecule has 0 bridgehead atoms. The lowest BCUT2D eigenvalue weighted by atomic mass is 10.1. The van der Waals surface area contributed by atoms with E-state index < -0.39 is 0 Å². The first-order valence-corrected chi connectivity index (χ1v) is 9.39. The van der Waals surface area contributed by atoms with Crippen molar-refractivity contribution in [2.24, 2.45) is 0 Å². The minimum Gasteiger partial charge on any atom is -0.361 e. The molecular weight excluding hydrogens is 322 g/mol. The highest BCUT2D eigenvalue weighted by atomic mass is 16.2. The van der Waals surface area contributed by atoms with Gasteiger partial charge in [0.25, 0.3) is 0 Å². The summed E-state index contributed by atoms with van der Waals surface area (Å²) in [4.78, 5) is 18.1. The molecule has 0 unspecified atom stereocenters. The SMILES string of the molecule is O=C(CNC1CC1)N(CCc1c[nH]c2ccccc12)Cc1ccccc1. The number of rotatable bonds is 8. The standard InChI is InChI=1S/C22H25N3O/c26-22(15-23-19-10-11-19)25(16-17-6-2-1-3-7-17)13-12-18-14-24-21-9-5-4-8-20(18)21/h1-9,14,19,23-24H,10-13,15-16H2. The molecule has 4 heteroatoms. The Kier molecular flexibility index (Phi) is 5.02. The molecule has 1 amide bonds. The molecule has 1 saturated carbocycles. The van der Waals surface area contributed by atoms with Crippen LogP contribution in [0, 0.1) is 0 Å². The number of fused-ring (bicyclic) bond motifs is 1. The normalized spacial score (nSPS) is 13.8. The lowest BCUT2D eigenvalue weighted by Crippen LogP contribution is -2.39. The largest absolute Gasteiger partial charge is 0.361 e. The maximum Gasteiger partial charge on any atom is 0.236 e. The molecule has 2 N–H and O–H groups in total. The molecule has 134 valence electrons. The number of nitrogens with zero attached hydrogens (tertiary/aromatic N) is 1. The van der Waals surface area contributed by atoms with Gasteiger partial charge < -0.3 is 15.2 Å². The van der Waals surface area contributed by atoms with Crippen molar-refractivity contribution in [2.75, 3.05) is 13.1 Å². The van der Waals surface area contributed by atoms with Crippen LogP contribution in [-0.4, -0.2) is 34.9 Å². The zero-order valence-corrected chi connectivity index (χ0v) is 14.9. The lowest BCUT2D eigenvalue weighted by Gasteiger charge is -2.23. The van der Waals surface area contributed by atoms with Gasteiger partial charge in [-0.15, -0.1) is 0 Å². The molecule has 4 nitrogen and oxygen atoms in total. The summed E-state index contributed by atoms with van der Waals surface area (Å²) < 4.78 is 0. The van der Waals surface area contributed by atoms with Crippen molar-refractivity contribution >= 4 is 16.8 Å². The van der Waals surface area contributed by atoms with Gasteiger partial charge in [-0.2, -0.15) is 0 Å². The van der Waals surface area contributed by atoms with Crippen LogP contribution in [0.15, 0.2) is 60.8 Å². The molecule has 1 aliphatic rings. The molecule has 1 heterocycles. The number of hydrogen-bond donors (Lipinski definition) is 2. The van der Waals surface area contributed by atoms with Crippen LogP contribution in [0.2, 0.25) is 0 Å². The van der Waals surface area contributed by atoms with Gasteiger partial charge in [0.1, 0.15) is 0 Å². The van der Waals surface area contributed by atoms with E-state index in [-0.39, 0.29) is 5.91 Å². The van der Waals surface area contributed by atoms with Gasteiger partial charge in [-0.05, 0) is 36.5 Å². The van der Waals surface area contributed by atoms with Gasteiger partial charge in [-0.1, -0.05) is 48.5 Å². The average Bonchev–Trinajstić information content (AvgIpc) is 3.43. The highest BCUT2D eigenvalue weighted by Gasteiger charge is 2.23. The van der Waals surface area contributed by atoms with Crippen LogP contribution in [0.1, 0.15) is 24.0 Å². The monoisotopic (exact) mass is 347 g/mol. The van der Waals surface area contributed by atoms with Gasteiger partial charge in [0.2, 0.25) is 5.91 Å². The number of carbonyl (C=O) groups excluding carboxylic acids is 1. The Morgan fingerprint density at radius 2 is 1.85 bits per heavy atom. The van der Waals surface area contributed by atoms with Crippen LogP contribution in [-0.2, 0) is 17.8 Å². The summed E-state index contributed by atoms with van der Waals surface area (Å²) >= 11 is 0. The second-order valence-electron chi connectivity index (χ2n) is 7.07. The topological polar surface area (TPSA) is 48.1 Å². The highest BCUT2D eigenvalue weighted by molar-refractivity contribution is 5.83. The van der Waals surface area contributed by atoms with Gasteiger partial charge in [0.05, 0.1) is 6.54 Å². The van der Waals surface area contributed by atoms with E-state index in [1.807, 2.05) is 29.2 Å². The van der Waals surface area contributed by atoms with Crippen molar-refractivity contribution in [3.63, 3.8) is 0 Å². The third-order valence-electron chi connectivity index (χ3n) is 5.01. The third-order valence-corrected chi connectivity index (χ3v) is 5.01. The number of benzene rings is 2. The first-order chi connectivity index (χ1) is 12.8. The van der Waals surface area contributed by atoms with Crippen molar-refractivity contribution in [1.82, 2.24) is 15.2 Å². The number of para-hydroxylation sites is 1. The van der Waals surface area contributed by atoms with E-state index >= 15 is 0 Å². The number of aromatic amines is 1.